The summed E-state index contributed by atoms with van der Waals surface area (Å²) in [5.41, 5.74) is 2.46. The zero-order chi connectivity index (χ0) is 13.5. The molecule has 5 nitrogen and oxygen atoms in total. The monoisotopic (exact) mass is 281 g/mol. The van der Waals surface area contributed by atoms with E-state index in [1.165, 1.54) is 0 Å². The summed E-state index contributed by atoms with van der Waals surface area (Å²) >= 11 is 5.86. The summed E-state index contributed by atoms with van der Waals surface area (Å²) in [5, 5.41) is 9.81. The molecule has 0 atom stereocenters. The van der Waals surface area contributed by atoms with Crippen LogP contribution in [-0.4, -0.2) is 24.6 Å². The van der Waals surface area contributed by atoms with Gasteiger partial charge in [0.15, 0.2) is 11.5 Å². The lowest BCUT2D eigenvalue weighted by Crippen LogP contribution is -1.93. The van der Waals surface area contributed by atoms with E-state index in [0.29, 0.717) is 16.6 Å². The molecule has 1 aromatic carbocycles. The Labute approximate surface area is 118 Å². The van der Waals surface area contributed by atoms with E-state index in [-0.39, 0.29) is 0 Å². The van der Waals surface area contributed by atoms with Gasteiger partial charge in [-0.05, 0) is 12.1 Å². The quantitative estimate of drug-likeness (QED) is 0.503. The van der Waals surface area contributed by atoms with Crippen molar-refractivity contribution >= 4 is 28.2 Å². The van der Waals surface area contributed by atoms with Gasteiger partial charge >= 0.3 is 0 Å². The van der Waals surface area contributed by atoms with Gasteiger partial charge in [0.05, 0.1) is 5.52 Å². The molecule has 0 radical (unpaired) electrons. The molecule has 0 amide bonds. The highest BCUT2D eigenvalue weighted by Gasteiger charge is 2.12. The van der Waals surface area contributed by atoms with Crippen LogP contribution in [0.3, 0.4) is 0 Å². The van der Waals surface area contributed by atoms with Crippen molar-refractivity contribution in [3.05, 3.63) is 54.1 Å². The van der Waals surface area contributed by atoms with Gasteiger partial charge in [-0.15, -0.1) is 10.2 Å². The third kappa shape index (κ3) is 1.64. The second-order valence-electron chi connectivity index (χ2n) is 4.34. The number of nitrogens with zero attached hydrogens (tertiary/aromatic N) is 5. The molecule has 0 aliphatic rings. The molecule has 3 heterocycles. The van der Waals surface area contributed by atoms with Gasteiger partial charge in [0.2, 0.25) is 0 Å². The number of hydrogen-bond acceptors (Lipinski definition) is 4. The summed E-state index contributed by atoms with van der Waals surface area (Å²) in [5.74, 6) is 0.702. The van der Waals surface area contributed by atoms with Gasteiger partial charge in [-0.1, -0.05) is 29.8 Å². The average molecular weight is 282 g/mol. The molecule has 0 aliphatic heterocycles. The molecular weight excluding hydrogens is 274 g/mol. The topological polar surface area (TPSA) is 56.0 Å². The second kappa shape index (κ2) is 4.25. The highest BCUT2D eigenvalue weighted by molar-refractivity contribution is 6.29. The zero-order valence-corrected chi connectivity index (χ0v) is 11.0. The van der Waals surface area contributed by atoms with E-state index in [4.69, 9.17) is 11.6 Å². The lowest BCUT2D eigenvalue weighted by atomic mass is 10.1. The van der Waals surface area contributed by atoms with Gasteiger partial charge in [-0.2, -0.15) is 0 Å². The first-order valence-corrected chi connectivity index (χ1v) is 6.41. The number of fused-ring (bicyclic) bond motifs is 2. The van der Waals surface area contributed by atoms with Crippen molar-refractivity contribution in [1.29, 1.82) is 0 Å². The predicted molar refractivity (Wildman–Crippen MR) is 76.5 cm³/mol. The molecule has 0 saturated carbocycles. The average Bonchev–Trinajstić information content (AvgIpc) is 2.89. The number of halogens is 1. The summed E-state index contributed by atoms with van der Waals surface area (Å²) in [6, 6.07) is 11.6. The molecule has 6 heteroatoms. The largest absolute Gasteiger partial charge is 0.265 e. The smallest absolute Gasteiger partial charge is 0.171 e. The van der Waals surface area contributed by atoms with Crippen molar-refractivity contribution in [2.75, 3.05) is 0 Å². The van der Waals surface area contributed by atoms with Gasteiger partial charge in [0, 0.05) is 23.2 Å². The number of hydrogen-bond donors (Lipinski definition) is 0. The van der Waals surface area contributed by atoms with Crippen LogP contribution in [0.5, 0.6) is 0 Å². The van der Waals surface area contributed by atoms with Crippen LogP contribution >= 0.6 is 11.6 Å². The number of benzene rings is 1. The Morgan fingerprint density at radius 2 is 1.90 bits per heavy atom. The van der Waals surface area contributed by atoms with Crippen LogP contribution in [0.15, 0.2) is 48.9 Å². The molecular formula is C14H8ClN5. The molecule has 0 unspecified atom stereocenters. The molecule has 0 saturated heterocycles. The van der Waals surface area contributed by atoms with Crippen LogP contribution in [0.2, 0.25) is 5.15 Å². The van der Waals surface area contributed by atoms with Crippen molar-refractivity contribution in [1.82, 2.24) is 24.6 Å². The van der Waals surface area contributed by atoms with Gasteiger partial charge in [-0.25, -0.2) is 4.98 Å². The molecule has 0 spiro atoms. The minimum atomic E-state index is 0.396. The Hall–Kier alpha value is -2.53. The van der Waals surface area contributed by atoms with Crippen LogP contribution in [-0.2, 0) is 0 Å². The zero-order valence-electron chi connectivity index (χ0n) is 10.2. The van der Waals surface area contributed by atoms with E-state index < -0.39 is 0 Å². The second-order valence-corrected chi connectivity index (χ2v) is 4.73. The van der Waals surface area contributed by atoms with E-state index in [9.17, 15) is 0 Å². The van der Waals surface area contributed by atoms with Crippen LogP contribution in [0, 0.1) is 0 Å². The summed E-state index contributed by atoms with van der Waals surface area (Å²) in [6.45, 7) is 0. The summed E-state index contributed by atoms with van der Waals surface area (Å²) in [4.78, 5) is 8.51. The van der Waals surface area contributed by atoms with E-state index in [1.54, 1.807) is 23.0 Å². The molecule has 0 aliphatic carbocycles. The van der Waals surface area contributed by atoms with Crippen LogP contribution in [0.1, 0.15) is 0 Å². The predicted octanol–water partition coefficient (Wildman–Crippen LogP) is 2.99. The lowest BCUT2D eigenvalue weighted by Gasteiger charge is -2.03. The van der Waals surface area contributed by atoms with Crippen molar-refractivity contribution in [2.45, 2.75) is 0 Å². The molecule has 4 aromatic rings. The minimum Gasteiger partial charge on any atom is -0.265 e. The van der Waals surface area contributed by atoms with Gasteiger partial charge in [0.1, 0.15) is 11.5 Å². The van der Waals surface area contributed by atoms with Crippen LogP contribution < -0.4 is 0 Å². The normalized spacial score (nSPS) is 11.2. The van der Waals surface area contributed by atoms with Gasteiger partial charge in [-0.3, -0.25) is 9.38 Å². The number of para-hydroxylation sites is 1. The Morgan fingerprint density at radius 3 is 2.85 bits per heavy atom. The van der Waals surface area contributed by atoms with Crippen molar-refractivity contribution in [3.63, 3.8) is 0 Å². The Balaban J connectivity index is 2.06. The minimum absolute atomic E-state index is 0.396. The molecule has 0 fully saturated rings. The maximum absolute atomic E-state index is 5.86. The van der Waals surface area contributed by atoms with E-state index in [1.807, 2.05) is 30.3 Å². The van der Waals surface area contributed by atoms with Crippen molar-refractivity contribution in [2.24, 2.45) is 0 Å². The third-order valence-corrected chi connectivity index (χ3v) is 3.35. The molecule has 0 bridgehead atoms. The van der Waals surface area contributed by atoms with Crippen molar-refractivity contribution in [3.8, 4) is 11.4 Å². The third-order valence-electron chi connectivity index (χ3n) is 3.14. The maximum atomic E-state index is 5.86. The van der Waals surface area contributed by atoms with Crippen LogP contribution in [0.4, 0.5) is 0 Å². The Kier molecular flexibility index (Phi) is 2.40. The number of rotatable bonds is 1. The van der Waals surface area contributed by atoms with E-state index in [2.05, 4.69) is 20.2 Å². The Morgan fingerprint density at radius 1 is 1.00 bits per heavy atom. The first-order valence-electron chi connectivity index (χ1n) is 6.03. The molecule has 20 heavy (non-hydrogen) atoms. The fourth-order valence-electron chi connectivity index (χ4n) is 2.24. The van der Waals surface area contributed by atoms with Crippen molar-refractivity contribution < 1.29 is 0 Å². The first kappa shape index (κ1) is 11.3. The fourth-order valence-corrected chi connectivity index (χ4v) is 2.38. The number of pyridine rings is 1. The fraction of sp³-hybridized carbons (Fsp3) is 0. The SMILES string of the molecule is Clc1cc2nnc(-c3cccc4cccnc34)n2cn1. The molecule has 96 valence electrons. The molecule has 3 aromatic heterocycles. The van der Waals surface area contributed by atoms with E-state index >= 15 is 0 Å². The summed E-state index contributed by atoms with van der Waals surface area (Å²) < 4.78 is 1.80. The first-order chi connectivity index (χ1) is 9.83. The Bertz CT molecular complexity index is 926. The van der Waals surface area contributed by atoms with Gasteiger partial charge < -0.3 is 0 Å². The maximum Gasteiger partial charge on any atom is 0.171 e. The summed E-state index contributed by atoms with van der Waals surface area (Å²) in [7, 11) is 0. The highest BCUT2D eigenvalue weighted by atomic mass is 35.5. The van der Waals surface area contributed by atoms with Gasteiger partial charge in [0.25, 0.3) is 0 Å². The number of aromatic nitrogens is 5. The van der Waals surface area contributed by atoms with Crippen LogP contribution in [0.25, 0.3) is 27.9 Å². The standard InChI is InChI=1S/C14H8ClN5/c15-11-7-12-18-19-14(20(12)8-17-11)10-5-1-3-9-4-2-6-16-13(9)10/h1-8H. The highest BCUT2D eigenvalue weighted by Crippen LogP contribution is 2.26. The van der Waals surface area contributed by atoms with E-state index in [0.717, 1.165) is 16.5 Å². The molecule has 0 N–H and O–H groups in total. The molecule has 4 rings (SSSR count). The summed E-state index contributed by atoms with van der Waals surface area (Å²) in [6.07, 6.45) is 3.39. The lowest BCUT2D eigenvalue weighted by molar-refractivity contribution is 1.08.